The van der Waals surface area contributed by atoms with E-state index in [0.29, 0.717) is 0 Å². The molecule has 2 nitrogen and oxygen atoms in total. The summed E-state index contributed by atoms with van der Waals surface area (Å²) in [7, 11) is 0. The van der Waals surface area contributed by atoms with Gasteiger partial charge in [0, 0.05) is 15.6 Å². The molecule has 0 atom stereocenters. The number of rotatable bonds is 6. The third-order valence-corrected chi connectivity index (χ3v) is 5.57. The van der Waals surface area contributed by atoms with Gasteiger partial charge in [0.05, 0.1) is 17.8 Å². The second-order valence-corrected chi connectivity index (χ2v) is 8.73. The van der Waals surface area contributed by atoms with Crippen molar-refractivity contribution in [3.8, 4) is 33.8 Å². The average molecular weight is 453 g/mol. The van der Waals surface area contributed by atoms with Crippen molar-refractivity contribution in [2.24, 2.45) is 0 Å². The molecule has 29 heavy (non-hydrogen) atoms. The summed E-state index contributed by atoms with van der Waals surface area (Å²) in [6.45, 7) is 12.5. The van der Waals surface area contributed by atoms with Crippen molar-refractivity contribution in [1.29, 1.82) is 0 Å². The molecule has 3 aromatic rings. The first-order chi connectivity index (χ1) is 13.8. The van der Waals surface area contributed by atoms with Crippen LogP contribution in [0.2, 0.25) is 0 Å². The Kier molecular flexibility index (Phi) is 6.69. The molecule has 0 amide bonds. The summed E-state index contributed by atoms with van der Waals surface area (Å²) >= 11 is 3.73. The lowest BCUT2D eigenvalue weighted by Crippen LogP contribution is -2.11. The third-order valence-electron chi connectivity index (χ3n) is 4.87. The molecule has 0 bridgehead atoms. The minimum absolute atomic E-state index is 0.0365. The molecular formula is C26H29BrO2. The molecule has 0 saturated carbocycles. The molecule has 0 unspecified atom stereocenters. The van der Waals surface area contributed by atoms with E-state index in [-0.39, 0.29) is 12.2 Å². The summed E-state index contributed by atoms with van der Waals surface area (Å²) < 4.78 is 13.7. The van der Waals surface area contributed by atoms with E-state index in [1.54, 1.807) is 0 Å². The molecule has 3 aromatic carbocycles. The Morgan fingerprint density at radius 3 is 2.00 bits per heavy atom. The van der Waals surface area contributed by atoms with Crippen LogP contribution in [0.3, 0.4) is 0 Å². The van der Waals surface area contributed by atoms with Gasteiger partial charge in [-0.15, -0.1) is 0 Å². The van der Waals surface area contributed by atoms with Crippen molar-refractivity contribution in [1.82, 2.24) is 0 Å². The zero-order valence-electron chi connectivity index (χ0n) is 18.0. The Labute approximate surface area is 183 Å². The van der Waals surface area contributed by atoms with Crippen LogP contribution in [-0.2, 0) is 0 Å². The number of aryl methyl sites for hydroxylation is 1. The zero-order valence-corrected chi connectivity index (χ0v) is 19.6. The number of hydrogen-bond acceptors (Lipinski definition) is 2. The molecular weight excluding hydrogens is 424 g/mol. The number of ether oxygens (including phenoxy) is 2. The van der Waals surface area contributed by atoms with E-state index in [1.165, 1.54) is 16.7 Å². The molecule has 0 aliphatic heterocycles. The Balaban J connectivity index is 2.38. The molecule has 0 aliphatic carbocycles. The van der Waals surface area contributed by atoms with Gasteiger partial charge < -0.3 is 9.47 Å². The summed E-state index contributed by atoms with van der Waals surface area (Å²) in [5.74, 6) is 1.69. The van der Waals surface area contributed by atoms with Crippen LogP contribution in [0.25, 0.3) is 22.3 Å². The van der Waals surface area contributed by atoms with Crippen LogP contribution >= 0.6 is 15.9 Å². The highest BCUT2D eigenvalue weighted by atomic mass is 79.9. The Bertz CT molecular complexity index is 1010. The first-order valence-electron chi connectivity index (χ1n) is 10.1. The second-order valence-electron chi connectivity index (χ2n) is 7.88. The van der Waals surface area contributed by atoms with E-state index < -0.39 is 0 Å². The molecule has 0 spiro atoms. The van der Waals surface area contributed by atoms with Crippen molar-refractivity contribution in [2.75, 3.05) is 0 Å². The van der Waals surface area contributed by atoms with Crippen molar-refractivity contribution < 1.29 is 9.47 Å². The predicted molar refractivity (Wildman–Crippen MR) is 126 cm³/mol. The molecule has 3 rings (SSSR count). The summed E-state index contributed by atoms with van der Waals surface area (Å²) in [6, 6.07) is 18.8. The maximum absolute atomic E-state index is 6.46. The standard InChI is InChI=1S/C26H29BrO2/c1-16(2)28-24-15-14-21(20-12-9-10-18(5)19(20)6)26(29-17(3)4)25(24)22-11-7-8-13-23(22)27/h7-17H,1-6H3. The topological polar surface area (TPSA) is 18.5 Å². The molecule has 0 saturated heterocycles. The van der Waals surface area contributed by atoms with E-state index in [4.69, 9.17) is 9.47 Å². The highest BCUT2D eigenvalue weighted by Crippen LogP contribution is 2.48. The second kappa shape index (κ2) is 9.04. The van der Waals surface area contributed by atoms with Crippen molar-refractivity contribution in [3.05, 3.63) is 70.2 Å². The third kappa shape index (κ3) is 4.67. The van der Waals surface area contributed by atoms with Crippen LogP contribution in [0.15, 0.2) is 59.1 Å². The van der Waals surface area contributed by atoms with Gasteiger partial charge in [0.15, 0.2) is 0 Å². The maximum atomic E-state index is 6.46. The predicted octanol–water partition coefficient (Wildman–Crippen LogP) is 7.97. The quantitative estimate of drug-likeness (QED) is 0.377. The smallest absolute Gasteiger partial charge is 0.139 e. The Morgan fingerprint density at radius 1 is 0.690 bits per heavy atom. The average Bonchev–Trinajstić information content (AvgIpc) is 2.65. The fourth-order valence-corrected chi connectivity index (χ4v) is 3.93. The van der Waals surface area contributed by atoms with E-state index >= 15 is 0 Å². The number of hydrogen-bond donors (Lipinski definition) is 0. The van der Waals surface area contributed by atoms with Crippen molar-refractivity contribution in [3.63, 3.8) is 0 Å². The SMILES string of the molecule is Cc1cccc(-c2ccc(OC(C)C)c(-c3ccccc3Br)c2OC(C)C)c1C. The van der Waals surface area contributed by atoms with Crippen molar-refractivity contribution in [2.45, 2.75) is 53.8 Å². The van der Waals surface area contributed by atoms with E-state index in [2.05, 4.69) is 86.1 Å². The summed E-state index contributed by atoms with van der Waals surface area (Å²) in [5.41, 5.74) is 6.84. The van der Waals surface area contributed by atoms with Crippen LogP contribution < -0.4 is 9.47 Å². The minimum atomic E-state index is 0.0365. The van der Waals surface area contributed by atoms with Gasteiger partial charge in [-0.1, -0.05) is 52.3 Å². The molecule has 0 N–H and O–H groups in total. The van der Waals surface area contributed by atoms with E-state index in [1.807, 2.05) is 26.0 Å². The van der Waals surface area contributed by atoms with Crippen LogP contribution in [0.5, 0.6) is 11.5 Å². The Hall–Kier alpha value is -2.26. The van der Waals surface area contributed by atoms with E-state index in [9.17, 15) is 0 Å². The normalized spacial score (nSPS) is 11.2. The maximum Gasteiger partial charge on any atom is 0.139 e. The van der Waals surface area contributed by atoms with Gasteiger partial charge in [-0.05, 0) is 76.4 Å². The van der Waals surface area contributed by atoms with E-state index in [0.717, 1.165) is 32.7 Å². The van der Waals surface area contributed by atoms with Crippen molar-refractivity contribution >= 4 is 15.9 Å². The molecule has 0 heterocycles. The van der Waals surface area contributed by atoms with Gasteiger partial charge >= 0.3 is 0 Å². The lowest BCUT2D eigenvalue weighted by molar-refractivity contribution is 0.232. The highest BCUT2D eigenvalue weighted by Gasteiger charge is 2.23. The van der Waals surface area contributed by atoms with Gasteiger partial charge in [-0.25, -0.2) is 0 Å². The molecule has 152 valence electrons. The summed E-state index contributed by atoms with van der Waals surface area (Å²) in [6.07, 6.45) is 0.101. The highest BCUT2D eigenvalue weighted by molar-refractivity contribution is 9.10. The van der Waals surface area contributed by atoms with Gasteiger partial charge in [0.1, 0.15) is 11.5 Å². The monoisotopic (exact) mass is 452 g/mol. The fourth-order valence-electron chi connectivity index (χ4n) is 3.45. The lowest BCUT2D eigenvalue weighted by atomic mass is 9.92. The van der Waals surface area contributed by atoms with Gasteiger partial charge in [-0.3, -0.25) is 0 Å². The molecule has 3 heteroatoms. The molecule has 0 fully saturated rings. The van der Waals surface area contributed by atoms with Crippen LogP contribution in [-0.4, -0.2) is 12.2 Å². The molecule has 0 aliphatic rings. The number of benzene rings is 3. The molecule has 0 radical (unpaired) electrons. The van der Waals surface area contributed by atoms with Crippen LogP contribution in [0.4, 0.5) is 0 Å². The van der Waals surface area contributed by atoms with Gasteiger partial charge in [0.25, 0.3) is 0 Å². The zero-order chi connectivity index (χ0) is 21.1. The van der Waals surface area contributed by atoms with Crippen LogP contribution in [0.1, 0.15) is 38.8 Å². The lowest BCUT2D eigenvalue weighted by Gasteiger charge is -2.24. The summed E-state index contributed by atoms with van der Waals surface area (Å²) in [5, 5.41) is 0. The largest absolute Gasteiger partial charge is 0.490 e. The molecule has 0 aromatic heterocycles. The number of halogens is 1. The first-order valence-corrected chi connectivity index (χ1v) is 10.9. The first kappa shape index (κ1) is 21.4. The van der Waals surface area contributed by atoms with Gasteiger partial charge in [0.2, 0.25) is 0 Å². The fraction of sp³-hybridized carbons (Fsp3) is 0.308. The Morgan fingerprint density at radius 2 is 1.34 bits per heavy atom. The van der Waals surface area contributed by atoms with Crippen LogP contribution in [0, 0.1) is 13.8 Å². The van der Waals surface area contributed by atoms with Gasteiger partial charge in [-0.2, -0.15) is 0 Å². The summed E-state index contributed by atoms with van der Waals surface area (Å²) in [4.78, 5) is 0. The minimum Gasteiger partial charge on any atom is -0.490 e.